The molecular formula is C22H37N7O7. The second kappa shape index (κ2) is 15.5. The molecule has 1 aromatic heterocycles. The lowest BCUT2D eigenvalue weighted by molar-refractivity contribution is -0.143. The number of rotatable bonds is 17. The van der Waals surface area contributed by atoms with Crippen LogP contribution in [0.1, 0.15) is 51.6 Å². The number of amides is 3. The van der Waals surface area contributed by atoms with Gasteiger partial charge < -0.3 is 42.6 Å². The van der Waals surface area contributed by atoms with E-state index in [2.05, 4.69) is 25.9 Å². The Morgan fingerprint density at radius 1 is 0.944 bits per heavy atom. The van der Waals surface area contributed by atoms with Crippen LogP contribution >= 0.6 is 0 Å². The number of unbranched alkanes of at least 4 members (excludes halogenated alkanes) is 1. The fraction of sp³-hybridized carbons (Fsp3) is 0.636. The Morgan fingerprint density at radius 2 is 1.53 bits per heavy atom. The molecule has 10 N–H and O–H groups in total. The van der Waals surface area contributed by atoms with E-state index >= 15 is 0 Å². The monoisotopic (exact) mass is 511 g/mol. The number of aliphatic carboxylic acids is 2. The lowest BCUT2D eigenvalue weighted by Gasteiger charge is -2.25. The number of nitrogens with zero attached hydrogens (tertiary/aromatic N) is 1. The minimum atomic E-state index is -1.36. The number of H-pyrrole nitrogens is 1. The third-order valence-electron chi connectivity index (χ3n) is 5.47. The van der Waals surface area contributed by atoms with Gasteiger partial charge in [-0.2, -0.15) is 0 Å². The fourth-order valence-electron chi connectivity index (χ4n) is 3.23. The minimum absolute atomic E-state index is 0.106. The number of nitrogens with two attached hydrogens (primary N) is 2. The first-order chi connectivity index (χ1) is 17.0. The second-order valence-electron chi connectivity index (χ2n) is 8.79. The molecule has 0 fully saturated rings. The van der Waals surface area contributed by atoms with Crippen molar-refractivity contribution in [2.24, 2.45) is 17.4 Å². The maximum Gasteiger partial charge on any atom is 0.326 e. The quantitative estimate of drug-likeness (QED) is 0.112. The molecule has 0 saturated carbocycles. The van der Waals surface area contributed by atoms with Gasteiger partial charge in [-0.05, 0) is 38.1 Å². The molecule has 0 aliphatic carbocycles. The Balaban J connectivity index is 3.01. The van der Waals surface area contributed by atoms with E-state index in [9.17, 15) is 29.1 Å². The third kappa shape index (κ3) is 10.8. The van der Waals surface area contributed by atoms with E-state index in [1.807, 2.05) is 0 Å². The molecule has 4 atom stereocenters. The Bertz CT molecular complexity index is 876. The van der Waals surface area contributed by atoms with Gasteiger partial charge in [0.25, 0.3) is 0 Å². The van der Waals surface area contributed by atoms with E-state index in [4.69, 9.17) is 16.6 Å². The van der Waals surface area contributed by atoms with Crippen LogP contribution in [0, 0.1) is 5.92 Å². The molecule has 1 rings (SSSR count). The van der Waals surface area contributed by atoms with Crippen LogP contribution in [-0.2, 0) is 30.4 Å². The molecule has 3 amide bonds. The molecule has 36 heavy (non-hydrogen) atoms. The van der Waals surface area contributed by atoms with Crippen LogP contribution in [0.5, 0.6) is 0 Å². The first-order valence-corrected chi connectivity index (χ1v) is 11.7. The SMILES string of the molecule is CC(C)C(N)C(=O)NC(CCCCN)C(=O)NC(CCC(=O)O)C(=O)NC(Cc1cnc[nH]1)C(=O)O. The zero-order valence-corrected chi connectivity index (χ0v) is 20.5. The highest BCUT2D eigenvalue weighted by Gasteiger charge is 2.31. The van der Waals surface area contributed by atoms with Gasteiger partial charge in [-0.25, -0.2) is 9.78 Å². The Morgan fingerprint density at radius 3 is 2.03 bits per heavy atom. The van der Waals surface area contributed by atoms with Gasteiger partial charge in [0.15, 0.2) is 0 Å². The minimum Gasteiger partial charge on any atom is -0.481 e. The summed E-state index contributed by atoms with van der Waals surface area (Å²) in [5.74, 6) is -4.85. The van der Waals surface area contributed by atoms with E-state index in [0.29, 0.717) is 25.1 Å². The van der Waals surface area contributed by atoms with Gasteiger partial charge >= 0.3 is 11.9 Å². The summed E-state index contributed by atoms with van der Waals surface area (Å²) in [6, 6.07) is -4.62. The van der Waals surface area contributed by atoms with Crippen LogP contribution in [0.2, 0.25) is 0 Å². The van der Waals surface area contributed by atoms with Crippen LogP contribution in [0.25, 0.3) is 0 Å². The summed E-state index contributed by atoms with van der Waals surface area (Å²) in [5.41, 5.74) is 11.9. The number of carboxylic acid groups (broad SMARTS) is 2. The number of carbonyl (C=O) groups is 5. The summed E-state index contributed by atoms with van der Waals surface area (Å²) >= 11 is 0. The number of aromatic amines is 1. The van der Waals surface area contributed by atoms with Crippen molar-refractivity contribution in [2.75, 3.05) is 6.54 Å². The number of imidazole rings is 1. The van der Waals surface area contributed by atoms with Crippen LogP contribution in [-0.4, -0.2) is 80.6 Å². The molecule has 0 radical (unpaired) electrons. The highest BCUT2D eigenvalue weighted by atomic mass is 16.4. The number of hydrogen-bond donors (Lipinski definition) is 8. The number of carboxylic acids is 2. The van der Waals surface area contributed by atoms with Crippen molar-refractivity contribution in [3.8, 4) is 0 Å². The van der Waals surface area contributed by atoms with Crippen LogP contribution in [0.15, 0.2) is 12.5 Å². The first kappa shape index (κ1) is 30.5. The Hall–Kier alpha value is -3.52. The van der Waals surface area contributed by atoms with Gasteiger partial charge in [-0.1, -0.05) is 13.8 Å². The number of aromatic nitrogens is 2. The van der Waals surface area contributed by atoms with E-state index in [0.717, 1.165) is 0 Å². The van der Waals surface area contributed by atoms with Gasteiger partial charge in [0.1, 0.15) is 18.1 Å². The molecule has 202 valence electrons. The van der Waals surface area contributed by atoms with Gasteiger partial charge in [0, 0.05) is 24.7 Å². The molecule has 0 saturated heterocycles. The molecule has 14 nitrogen and oxygen atoms in total. The predicted molar refractivity (Wildman–Crippen MR) is 128 cm³/mol. The van der Waals surface area contributed by atoms with Crippen molar-refractivity contribution in [1.29, 1.82) is 0 Å². The summed E-state index contributed by atoms with van der Waals surface area (Å²) in [6.45, 7) is 3.88. The second-order valence-corrected chi connectivity index (χ2v) is 8.79. The Kier molecular flexibility index (Phi) is 13.1. The summed E-state index contributed by atoms with van der Waals surface area (Å²) in [7, 11) is 0. The smallest absolute Gasteiger partial charge is 0.326 e. The zero-order chi connectivity index (χ0) is 27.3. The molecular weight excluding hydrogens is 474 g/mol. The van der Waals surface area contributed by atoms with Gasteiger partial charge in [0.05, 0.1) is 12.4 Å². The van der Waals surface area contributed by atoms with Crippen molar-refractivity contribution in [2.45, 2.75) is 76.5 Å². The molecule has 1 aromatic rings. The lowest BCUT2D eigenvalue weighted by atomic mass is 10.0. The van der Waals surface area contributed by atoms with Crippen LogP contribution in [0.4, 0.5) is 0 Å². The first-order valence-electron chi connectivity index (χ1n) is 11.7. The topological polar surface area (TPSA) is 243 Å². The van der Waals surface area contributed by atoms with E-state index < -0.39 is 60.2 Å². The normalized spacial score (nSPS) is 14.4. The molecule has 0 aliphatic rings. The molecule has 4 unspecified atom stereocenters. The van der Waals surface area contributed by atoms with Gasteiger partial charge in [-0.3, -0.25) is 19.2 Å². The third-order valence-corrected chi connectivity index (χ3v) is 5.47. The number of carbonyl (C=O) groups excluding carboxylic acids is 3. The van der Waals surface area contributed by atoms with E-state index in [1.165, 1.54) is 12.5 Å². The van der Waals surface area contributed by atoms with E-state index in [-0.39, 0.29) is 25.2 Å². The fourth-order valence-corrected chi connectivity index (χ4v) is 3.23. The van der Waals surface area contributed by atoms with Crippen LogP contribution < -0.4 is 27.4 Å². The van der Waals surface area contributed by atoms with E-state index in [1.54, 1.807) is 13.8 Å². The lowest BCUT2D eigenvalue weighted by Crippen LogP contribution is -2.57. The highest BCUT2D eigenvalue weighted by Crippen LogP contribution is 2.07. The van der Waals surface area contributed by atoms with Crippen molar-refractivity contribution < 1.29 is 34.2 Å². The zero-order valence-electron chi connectivity index (χ0n) is 20.5. The average molecular weight is 512 g/mol. The summed E-state index contributed by atoms with van der Waals surface area (Å²) < 4.78 is 0. The molecule has 0 aliphatic heterocycles. The van der Waals surface area contributed by atoms with Crippen molar-refractivity contribution in [3.63, 3.8) is 0 Å². The van der Waals surface area contributed by atoms with Gasteiger partial charge in [0.2, 0.25) is 17.7 Å². The van der Waals surface area contributed by atoms with Crippen molar-refractivity contribution in [1.82, 2.24) is 25.9 Å². The highest BCUT2D eigenvalue weighted by molar-refractivity contribution is 5.94. The predicted octanol–water partition coefficient (Wildman–Crippen LogP) is -1.53. The van der Waals surface area contributed by atoms with Crippen molar-refractivity contribution in [3.05, 3.63) is 18.2 Å². The maximum absolute atomic E-state index is 13.0. The summed E-state index contributed by atoms with van der Waals surface area (Å²) in [5, 5.41) is 26.0. The number of hydrogen-bond acceptors (Lipinski definition) is 8. The standard InChI is InChI=1S/C22H37N7O7/c1-12(2)18(24)21(34)28-14(5-3-4-8-23)19(32)27-15(6-7-17(30)31)20(33)29-16(22(35)36)9-13-10-25-11-26-13/h10-12,14-16,18H,3-9,23-24H2,1-2H3,(H,25,26)(H,27,32)(H,28,34)(H,29,33)(H,30,31)(H,35,36). The largest absolute Gasteiger partial charge is 0.481 e. The maximum atomic E-state index is 13.0. The molecule has 1 heterocycles. The average Bonchev–Trinajstić information content (AvgIpc) is 3.32. The molecule has 14 heteroatoms. The summed E-state index contributed by atoms with van der Waals surface area (Å²) in [4.78, 5) is 67.7. The molecule has 0 aromatic carbocycles. The number of nitrogens with one attached hydrogen (secondary N) is 4. The molecule has 0 bridgehead atoms. The van der Waals surface area contributed by atoms with Crippen molar-refractivity contribution >= 4 is 29.7 Å². The summed E-state index contributed by atoms with van der Waals surface area (Å²) in [6.07, 6.45) is 3.21. The van der Waals surface area contributed by atoms with Gasteiger partial charge in [-0.15, -0.1) is 0 Å². The Labute approximate surface area is 209 Å². The molecule has 0 spiro atoms. The van der Waals surface area contributed by atoms with Crippen LogP contribution in [0.3, 0.4) is 0 Å².